The molecule has 0 aromatic heterocycles. The number of aromatic hydroxyl groups is 1. The highest BCUT2D eigenvalue weighted by atomic mass is 16.4. The number of carbonyl (C=O) groups is 8. The summed E-state index contributed by atoms with van der Waals surface area (Å²) in [6.07, 6.45) is -2.85. The molecule has 19 nitrogen and oxygen atoms in total. The molecule has 5 amide bonds. The number of aliphatic hydroxyl groups is 1. The van der Waals surface area contributed by atoms with Crippen LogP contribution in [0.5, 0.6) is 5.75 Å². The second kappa shape index (κ2) is 19.2. The van der Waals surface area contributed by atoms with Gasteiger partial charge < -0.3 is 57.4 Å². The Morgan fingerprint density at radius 3 is 1.90 bits per heavy atom. The Balaban J connectivity index is 2.34. The molecular weight excluding hydrogens is 676 g/mol. The Hall–Kier alpha value is -5.30. The highest BCUT2D eigenvalue weighted by molar-refractivity contribution is 5.97. The monoisotopic (exact) mass is 722 g/mol. The van der Waals surface area contributed by atoms with Crippen LogP contribution in [0.4, 0.5) is 0 Å². The number of rotatable bonds is 19. The van der Waals surface area contributed by atoms with Gasteiger partial charge in [0, 0.05) is 13.0 Å². The first-order valence-corrected chi connectivity index (χ1v) is 16.2. The summed E-state index contributed by atoms with van der Waals surface area (Å²) in [5.41, 5.74) is 6.07. The van der Waals surface area contributed by atoms with Gasteiger partial charge in [0.2, 0.25) is 29.5 Å². The van der Waals surface area contributed by atoms with Gasteiger partial charge in [-0.2, -0.15) is 0 Å². The molecule has 0 saturated carbocycles. The lowest BCUT2D eigenvalue weighted by Gasteiger charge is -2.31. The molecule has 1 aliphatic rings. The predicted molar refractivity (Wildman–Crippen MR) is 176 cm³/mol. The van der Waals surface area contributed by atoms with E-state index in [0.29, 0.717) is 12.0 Å². The van der Waals surface area contributed by atoms with Crippen LogP contribution in [0.15, 0.2) is 24.3 Å². The number of amides is 5. The van der Waals surface area contributed by atoms with Crippen molar-refractivity contribution in [1.29, 1.82) is 0 Å². The second-order valence-electron chi connectivity index (χ2n) is 12.7. The van der Waals surface area contributed by atoms with E-state index in [2.05, 4.69) is 21.3 Å². The molecule has 1 aromatic carbocycles. The molecule has 11 N–H and O–H groups in total. The molecule has 2 rings (SSSR count). The number of nitrogens with one attached hydrogen (secondary N) is 4. The summed E-state index contributed by atoms with van der Waals surface area (Å²) in [5.74, 6) is -9.25. The van der Waals surface area contributed by atoms with Crippen molar-refractivity contribution >= 4 is 47.4 Å². The second-order valence-corrected chi connectivity index (χ2v) is 12.7. The van der Waals surface area contributed by atoms with Gasteiger partial charge in [0.15, 0.2) is 0 Å². The van der Waals surface area contributed by atoms with E-state index in [4.69, 9.17) is 15.9 Å². The summed E-state index contributed by atoms with van der Waals surface area (Å²) in [6.45, 7) is 4.69. The Labute approximate surface area is 292 Å². The fourth-order valence-corrected chi connectivity index (χ4v) is 5.38. The molecule has 7 atom stereocenters. The molecule has 1 fully saturated rings. The first-order chi connectivity index (χ1) is 23.8. The van der Waals surface area contributed by atoms with Crippen LogP contribution in [0.25, 0.3) is 0 Å². The van der Waals surface area contributed by atoms with Gasteiger partial charge in [-0.15, -0.1) is 0 Å². The van der Waals surface area contributed by atoms with Crippen LogP contribution >= 0.6 is 0 Å². The maximum atomic E-state index is 13.8. The summed E-state index contributed by atoms with van der Waals surface area (Å²) in [6, 6.07) is -3.16. The fourth-order valence-electron chi connectivity index (χ4n) is 5.38. The number of hydrogen-bond acceptors (Lipinski definition) is 11. The van der Waals surface area contributed by atoms with Gasteiger partial charge in [0.1, 0.15) is 36.0 Å². The van der Waals surface area contributed by atoms with E-state index in [1.54, 1.807) is 13.8 Å². The lowest BCUT2D eigenvalue weighted by atomic mass is 10.00. The Morgan fingerprint density at radius 2 is 1.37 bits per heavy atom. The summed E-state index contributed by atoms with van der Waals surface area (Å²) >= 11 is 0. The lowest BCUT2D eigenvalue weighted by Crippen LogP contribution is -2.61. The van der Waals surface area contributed by atoms with Crippen molar-refractivity contribution < 1.29 is 63.9 Å². The van der Waals surface area contributed by atoms with E-state index in [9.17, 15) is 53.7 Å². The summed E-state index contributed by atoms with van der Waals surface area (Å²) < 4.78 is 0. The zero-order valence-corrected chi connectivity index (χ0v) is 28.4. The lowest BCUT2D eigenvalue weighted by molar-refractivity contribution is -0.147. The molecule has 1 heterocycles. The minimum Gasteiger partial charge on any atom is -0.508 e. The van der Waals surface area contributed by atoms with Gasteiger partial charge in [0.25, 0.3) is 0 Å². The van der Waals surface area contributed by atoms with Crippen molar-refractivity contribution in [3.8, 4) is 5.75 Å². The Kier molecular flexibility index (Phi) is 15.8. The van der Waals surface area contributed by atoms with Crippen molar-refractivity contribution in [3.05, 3.63) is 29.8 Å². The zero-order chi connectivity index (χ0) is 38.6. The average molecular weight is 723 g/mol. The van der Waals surface area contributed by atoms with Crippen LogP contribution in [0.1, 0.15) is 58.4 Å². The standard InChI is InChI=1S/C32H46N6O13/c1-15(2)11-20(28(46)36-22(32(50)51)14-25(43)44)34-29(47)21(12-17-6-8-18(40)9-7-17)35-30(48)23-5-4-10-38(23)31(49)26(16(3)39)37-27(45)19(33)13-24(41)42/h6-9,15-16,19-23,26,39-40H,4-5,10-14,33H2,1-3H3,(H,34,47)(H,35,48)(H,36,46)(H,37,45)(H,41,42)(H,43,44)(H,50,51). The molecule has 51 heavy (non-hydrogen) atoms. The maximum absolute atomic E-state index is 13.8. The van der Waals surface area contributed by atoms with Crippen molar-refractivity contribution in [2.24, 2.45) is 11.7 Å². The van der Waals surface area contributed by atoms with E-state index in [0.717, 1.165) is 4.90 Å². The van der Waals surface area contributed by atoms with E-state index >= 15 is 0 Å². The average Bonchev–Trinajstić information content (AvgIpc) is 3.52. The normalized spacial score (nSPS) is 17.6. The molecule has 0 spiro atoms. The van der Waals surface area contributed by atoms with Crippen LogP contribution in [0.3, 0.4) is 0 Å². The van der Waals surface area contributed by atoms with Crippen LogP contribution < -0.4 is 27.0 Å². The molecule has 0 radical (unpaired) electrons. The topological polar surface area (TPSA) is 315 Å². The van der Waals surface area contributed by atoms with Crippen molar-refractivity contribution in [3.63, 3.8) is 0 Å². The van der Waals surface area contributed by atoms with Gasteiger partial charge in [0.05, 0.1) is 25.0 Å². The summed E-state index contributed by atoms with van der Waals surface area (Å²) in [4.78, 5) is 101. The van der Waals surface area contributed by atoms with Gasteiger partial charge >= 0.3 is 17.9 Å². The smallest absolute Gasteiger partial charge is 0.326 e. The number of phenols is 1. The number of benzene rings is 1. The number of carboxylic acid groups (broad SMARTS) is 3. The van der Waals surface area contributed by atoms with E-state index in [1.807, 2.05) is 0 Å². The molecule has 0 aliphatic carbocycles. The number of carboxylic acids is 3. The SMILES string of the molecule is CC(C)CC(NC(=O)C(Cc1ccc(O)cc1)NC(=O)C1CCCN1C(=O)C(NC(=O)C(N)CC(=O)O)C(C)O)C(=O)NC(CC(=O)O)C(=O)O. The third-order valence-electron chi connectivity index (χ3n) is 7.96. The minimum absolute atomic E-state index is 0.00430. The quantitative estimate of drug-likeness (QED) is 0.0715. The molecule has 282 valence electrons. The van der Waals surface area contributed by atoms with Crippen LogP contribution in [0, 0.1) is 5.92 Å². The van der Waals surface area contributed by atoms with Gasteiger partial charge in [-0.25, -0.2) is 4.79 Å². The van der Waals surface area contributed by atoms with E-state index in [-0.39, 0.29) is 37.5 Å². The minimum atomic E-state index is -1.79. The van der Waals surface area contributed by atoms with Crippen LogP contribution in [-0.4, -0.2) is 127 Å². The van der Waals surface area contributed by atoms with Crippen LogP contribution in [-0.2, 0) is 44.8 Å². The number of nitrogens with two attached hydrogens (primary N) is 1. The third-order valence-corrected chi connectivity index (χ3v) is 7.96. The third kappa shape index (κ3) is 13.2. The van der Waals surface area contributed by atoms with E-state index < -0.39 is 103 Å². The Bertz CT molecular complexity index is 1450. The number of hydrogen-bond donors (Lipinski definition) is 10. The van der Waals surface area contributed by atoms with Crippen molar-refractivity contribution in [2.75, 3.05) is 6.54 Å². The van der Waals surface area contributed by atoms with E-state index in [1.165, 1.54) is 31.2 Å². The largest absolute Gasteiger partial charge is 0.508 e. The molecule has 1 aliphatic heterocycles. The first-order valence-electron chi connectivity index (χ1n) is 16.2. The summed E-state index contributed by atoms with van der Waals surface area (Å²) in [7, 11) is 0. The molecule has 0 bridgehead atoms. The fraction of sp³-hybridized carbons (Fsp3) is 0.562. The molecule has 1 saturated heterocycles. The molecule has 1 aromatic rings. The summed E-state index contributed by atoms with van der Waals surface area (Å²) in [5, 5.41) is 56.9. The zero-order valence-electron chi connectivity index (χ0n) is 28.4. The first kappa shape index (κ1) is 41.9. The number of phenolic OH excluding ortho intramolecular Hbond substituents is 1. The Morgan fingerprint density at radius 1 is 0.804 bits per heavy atom. The van der Waals surface area contributed by atoms with Gasteiger partial charge in [-0.1, -0.05) is 26.0 Å². The number of aliphatic carboxylic acids is 3. The van der Waals surface area contributed by atoms with Gasteiger partial charge in [-0.05, 0) is 49.8 Å². The highest BCUT2D eigenvalue weighted by Gasteiger charge is 2.41. The van der Waals surface area contributed by atoms with Crippen molar-refractivity contribution in [2.45, 2.75) is 102 Å². The maximum Gasteiger partial charge on any atom is 0.326 e. The van der Waals surface area contributed by atoms with Crippen molar-refractivity contribution in [1.82, 2.24) is 26.2 Å². The number of carbonyl (C=O) groups excluding carboxylic acids is 5. The molecule has 19 heteroatoms. The molecule has 7 unspecified atom stereocenters. The highest BCUT2D eigenvalue weighted by Crippen LogP contribution is 2.21. The predicted octanol–water partition coefficient (Wildman–Crippen LogP) is -2.35. The number of aliphatic hydroxyl groups excluding tert-OH is 1. The number of nitrogens with zero attached hydrogens (tertiary/aromatic N) is 1. The number of likely N-dealkylation sites (tertiary alicyclic amines) is 1. The van der Waals surface area contributed by atoms with Crippen LogP contribution in [0.2, 0.25) is 0 Å². The van der Waals surface area contributed by atoms with Gasteiger partial charge in [-0.3, -0.25) is 33.6 Å². The molecular formula is C32H46N6O13.